The van der Waals surface area contributed by atoms with Crippen molar-refractivity contribution in [3.05, 3.63) is 143 Å². The maximum Gasteiger partial charge on any atom is 0.332 e. The monoisotopic (exact) mass is 493 g/mol. The number of carboxylic acid groups (broad SMARTS) is 1. The van der Waals surface area contributed by atoms with E-state index in [1.807, 2.05) is 61.5 Å². The molecular formula is C32H31NO2S. The Morgan fingerprint density at radius 3 is 1.89 bits per heavy atom. The number of benzene rings is 4. The summed E-state index contributed by atoms with van der Waals surface area (Å²) in [5.74, 6) is -1.07. The van der Waals surface area contributed by atoms with Crippen LogP contribution in [0.2, 0.25) is 0 Å². The summed E-state index contributed by atoms with van der Waals surface area (Å²) in [5.41, 5.74) is 4.98. The molecule has 0 aliphatic rings. The van der Waals surface area contributed by atoms with Gasteiger partial charge in [0.05, 0.1) is 5.57 Å². The smallest absolute Gasteiger partial charge is 0.332 e. The van der Waals surface area contributed by atoms with Crippen molar-refractivity contribution in [3.63, 3.8) is 0 Å². The number of hydrogen-bond acceptors (Lipinski definition) is 3. The molecule has 0 unspecified atom stereocenters. The van der Waals surface area contributed by atoms with Crippen LogP contribution in [0.3, 0.4) is 0 Å². The van der Waals surface area contributed by atoms with Crippen LogP contribution in [0.5, 0.6) is 0 Å². The highest BCUT2D eigenvalue weighted by molar-refractivity contribution is 8.02. The van der Waals surface area contributed by atoms with Crippen LogP contribution in [-0.2, 0) is 17.9 Å². The standard InChI is InChI=1S/C32H31NO2S/c1-2-30(31(32(34)35)24-36-29-19-10-5-11-20-29)27-17-12-18-28(21-27)33(22-25-13-6-3-7-14-25)23-26-15-8-4-9-16-26/h3-21,24,30H,2,22-23H2,1H3,(H,34,35)/b31-24+/t30-/m1/s1. The summed E-state index contributed by atoms with van der Waals surface area (Å²) in [5, 5.41) is 11.9. The van der Waals surface area contributed by atoms with Crippen LogP contribution in [0.25, 0.3) is 0 Å². The van der Waals surface area contributed by atoms with Crippen molar-refractivity contribution >= 4 is 23.4 Å². The van der Waals surface area contributed by atoms with Crippen LogP contribution in [0.15, 0.2) is 131 Å². The molecule has 0 heterocycles. The van der Waals surface area contributed by atoms with E-state index >= 15 is 0 Å². The minimum absolute atomic E-state index is 0.200. The molecule has 0 amide bonds. The van der Waals surface area contributed by atoms with Crippen LogP contribution in [0.1, 0.15) is 36.0 Å². The van der Waals surface area contributed by atoms with Crippen LogP contribution in [0, 0.1) is 0 Å². The third kappa shape index (κ3) is 6.89. The van der Waals surface area contributed by atoms with E-state index in [2.05, 4.69) is 65.6 Å². The van der Waals surface area contributed by atoms with Crippen molar-refractivity contribution in [2.75, 3.05) is 4.90 Å². The molecule has 0 radical (unpaired) electrons. The van der Waals surface area contributed by atoms with Gasteiger partial charge in [-0.05, 0) is 52.8 Å². The number of carboxylic acids is 1. The first-order valence-corrected chi connectivity index (χ1v) is 13.1. The summed E-state index contributed by atoms with van der Waals surface area (Å²) in [6.45, 7) is 3.58. The Labute approximate surface area is 218 Å². The molecule has 0 fully saturated rings. The Bertz CT molecular complexity index is 1230. The van der Waals surface area contributed by atoms with Crippen molar-refractivity contribution in [2.45, 2.75) is 37.2 Å². The summed E-state index contributed by atoms with van der Waals surface area (Å²) in [7, 11) is 0. The Balaban J connectivity index is 1.65. The molecule has 36 heavy (non-hydrogen) atoms. The van der Waals surface area contributed by atoms with E-state index in [0.717, 1.165) is 29.2 Å². The second kappa shape index (κ2) is 12.8. The van der Waals surface area contributed by atoms with Gasteiger partial charge >= 0.3 is 5.97 Å². The van der Waals surface area contributed by atoms with Gasteiger partial charge in [0.15, 0.2) is 0 Å². The molecule has 1 N–H and O–H groups in total. The fraction of sp³-hybridized carbons (Fsp3) is 0.156. The predicted octanol–water partition coefficient (Wildman–Crippen LogP) is 8.15. The summed E-state index contributed by atoms with van der Waals surface area (Å²) in [4.78, 5) is 15.7. The van der Waals surface area contributed by atoms with Gasteiger partial charge in [-0.3, -0.25) is 0 Å². The predicted molar refractivity (Wildman–Crippen MR) is 150 cm³/mol. The highest BCUT2D eigenvalue weighted by Crippen LogP contribution is 2.34. The fourth-order valence-electron chi connectivity index (χ4n) is 4.33. The zero-order valence-corrected chi connectivity index (χ0v) is 21.3. The highest BCUT2D eigenvalue weighted by atomic mass is 32.2. The molecule has 0 spiro atoms. The molecule has 1 atom stereocenters. The van der Waals surface area contributed by atoms with Gasteiger partial charge in [-0.15, -0.1) is 0 Å². The summed E-state index contributed by atoms with van der Waals surface area (Å²) in [6.07, 6.45) is 0.703. The SMILES string of the molecule is CC[C@@H](/C(=C\Sc1ccccc1)C(=O)O)c1cccc(N(Cc2ccccc2)Cc2ccccc2)c1. The second-order valence-corrected chi connectivity index (χ2v) is 9.64. The molecular weight excluding hydrogens is 462 g/mol. The maximum absolute atomic E-state index is 12.3. The van der Waals surface area contributed by atoms with Gasteiger partial charge in [0.2, 0.25) is 0 Å². The number of rotatable bonds is 11. The second-order valence-electron chi connectivity index (χ2n) is 8.69. The van der Waals surface area contributed by atoms with E-state index in [9.17, 15) is 9.90 Å². The number of anilines is 1. The van der Waals surface area contributed by atoms with Gasteiger partial charge in [0, 0.05) is 29.6 Å². The molecule has 0 saturated carbocycles. The Morgan fingerprint density at radius 1 is 0.806 bits per heavy atom. The molecule has 4 rings (SSSR count). The Morgan fingerprint density at radius 2 is 1.36 bits per heavy atom. The molecule has 0 aliphatic carbocycles. The minimum atomic E-state index is -0.874. The molecule has 0 bridgehead atoms. The lowest BCUT2D eigenvalue weighted by Gasteiger charge is -2.27. The van der Waals surface area contributed by atoms with Gasteiger partial charge < -0.3 is 10.0 Å². The average molecular weight is 494 g/mol. The van der Waals surface area contributed by atoms with E-state index < -0.39 is 5.97 Å². The van der Waals surface area contributed by atoms with Crippen LogP contribution in [-0.4, -0.2) is 11.1 Å². The molecule has 4 heteroatoms. The fourth-order valence-corrected chi connectivity index (χ4v) is 5.17. The number of carbonyl (C=O) groups is 1. The number of aliphatic carboxylic acids is 1. The van der Waals surface area contributed by atoms with Crippen LogP contribution in [0.4, 0.5) is 5.69 Å². The molecule has 4 aromatic rings. The van der Waals surface area contributed by atoms with Crippen LogP contribution < -0.4 is 4.90 Å². The van der Waals surface area contributed by atoms with E-state index in [4.69, 9.17) is 0 Å². The first kappa shape index (κ1) is 25.3. The first-order chi connectivity index (χ1) is 17.6. The quantitative estimate of drug-likeness (QED) is 0.169. The van der Waals surface area contributed by atoms with Gasteiger partial charge in [0.1, 0.15) is 0 Å². The summed E-state index contributed by atoms with van der Waals surface area (Å²) < 4.78 is 0. The van der Waals surface area contributed by atoms with Crippen molar-refractivity contribution < 1.29 is 9.90 Å². The first-order valence-electron chi connectivity index (χ1n) is 12.2. The number of thioether (sulfide) groups is 1. The summed E-state index contributed by atoms with van der Waals surface area (Å²) in [6, 6.07) is 39.1. The Hall–Kier alpha value is -3.76. The van der Waals surface area contributed by atoms with E-state index in [0.29, 0.717) is 12.0 Å². The van der Waals surface area contributed by atoms with Crippen molar-refractivity contribution in [2.24, 2.45) is 0 Å². The van der Waals surface area contributed by atoms with Crippen molar-refractivity contribution in [1.29, 1.82) is 0 Å². The summed E-state index contributed by atoms with van der Waals surface area (Å²) >= 11 is 1.46. The van der Waals surface area contributed by atoms with E-state index in [-0.39, 0.29) is 5.92 Å². The lowest BCUT2D eigenvalue weighted by molar-refractivity contribution is -0.133. The third-order valence-corrected chi connectivity index (χ3v) is 7.08. The Kier molecular flexibility index (Phi) is 9.01. The average Bonchev–Trinajstić information content (AvgIpc) is 2.92. The molecule has 182 valence electrons. The highest BCUT2D eigenvalue weighted by Gasteiger charge is 2.22. The lowest BCUT2D eigenvalue weighted by Crippen LogP contribution is -2.22. The maximum atomic E-state index is 12.3. The third-order valence-electron chi connectivity index (χ3n) is 6.17. The topological polar surface area (TPSA) is 40.5 Å². The number of nitrogens with zero attached hydrogens (tertiary/aromatic N) is 1. The molecule has 0 aliphatic heterocycles. The molecule has 4 aromatic carbocycles. The van der Waals surface area contributed by atoms with E-state index in [1.165, 1.54) is 22.9 Å². The minimum Gasteiger partial charge on any atom is -0.478 e. The zero-order chi connectivity index (χ0) is 25.2. The molecule has 3 nitrogen and oxygen atoms in total. The van der Waals surface area contributed by atoms with Gasteiger partial charge in [-0.1, -0.05) is 110 Å². The van der Waals surface area contributed by atoms with E-state index in [1.54, 1.807) is 5.41 Å². The molecule has 0 saturated heterocycles. The normalized spacial score (nSPS) is 12.2. The lowest BCUT2D eigenvalue weighted by atomic mass is 9.89. The van der Waals surface area contributed by atoms with Crippen molar-refractivity contribution in [1.82, 2.24) is 0 Å². The van der Waals surface area contributed by atoms with Crippen LogP contribution >= 0.6 is 11.8 Å². The molecule has 0 aromatic heterocycles. The number of hydrogen-bond donors (Lipinski definition) is 1. The van der Waals surface area contributed by atoms with Gasteiger partial charge in [-0.25, -0.2) is 4.79 Å². The van der Waals surface area contributed by atoms with Gasteiger partial charge in [-0.2, -0.15) is 0 Å². The largest absolute Gasteiger partial charge is 0.478 e. The van der Waals surface area contributed by atoms with Gasteiger partial charge in [0.25, 0.3) is 0 Å². The zero-order valence-electron chi connectivity index (χ0n) is 20.5. The van der Waals surface area contributed by atoms with Crippen molar-refractivity contribution in [3.8, 4) is 0 Å².